The zero-order chi connectivity index (χ0) is 7.98. The minimum atomic E-state index is 1.01. The molecule has 0 aliphatic heterocycles. The molecule has 0 aromatic carbocycles. The van der Waals surface area contributed by atoms with Crippen molar-refractivity contribution in [1.82, 2.24) is 21.1 Å². The quantitative estimate of drug-likeness (QED) is 0.526. The highest BCUT2D eigenvalue weighted by atomic mass is 15.9. The van der Waals surface area contributed by atoms with Gasteiger partial charge in [0.05, 0.1) is 0 Å². The summed E-state index contributed by atoms with van der Waals surface area (Å²) in [4.78, 5) is 0. The summed E-state index contributed by atoms with van der Waals surface area (Å²) >= 11 is 0. The van der Waals surface area contributed by atoms with Crippen molar-refractivity contribution in [3.8, 4) is 0 Å². The van der Waals surface area contributed by atoms with Gasteiger partial charge >= 0.3 is 0 Å². The summed E-state index contributed by atoms with van der Waals surface area (Å²) in [7, 11) is 5.76. The Morgan fingerprint density at radius 2 is 1.80 bits per heavy atom. The van der Waals surface area contributed by atoms with Gasteiger partial charge in [-0.2, -0.15) is 10.2 Å². The number of hydrogen-bond acceptors (Lipinski definition) is 4. The van der Waals surface area contributed by atoms with Crippen LogP contribution in [0.3, 0.4) is 0 Å². The lowest BCUT2D eigenvalue weighted by atomic mass is 10.5. The van der Waals surface area contributed by atoms with Crippen LogP contribution in [0.15, 0.2) is 0 Å². The van der Waals surface area contributed by atoms with E-state index in [1.807, 2.05) is 31.4 Å². The molecule has 0 saturated carbocycles. The molecular weight excluding hydrogens is 128 g/mol. The van der Waals surface area contributed by atoms with E-state index in [4.69, 9.17) is 0 Å². The summed E-state index contributed by atoms with van der Waals surface area (Å²) in [5.41, 5.74) is 6.05. The molecule has 4 nitrogen and oxygen atoms in total. The van der Waals surface area contributed by atoms with E-state index in [-0.39, 0.29) is 0 Å². The van der Waals surface area contributed by atoms with Gasteiger partial charge in [-0.05, 0) is 6.42 Å². The van der Waals surface area contributed by atoms with E-state index < -0.39 is 0 Å². The van der Waals surface area contributed by atoms with Gasteiger partial charge in [-0.15, -0.1) is 0 Å². The molecule has 0 saturated heterocycles. The zero-order valence-corrected chi connectivity index (χ0v) is 7.31. The van der Waals surface area contributed by atoms with Gasteiger partial charge in [0.15, 0.2) is 0 Å². The molecule has 0 aliphatic carbocycles. The van der Waals surface area contributed by atoms with Crippen molar-refractivity contribution in [2.75, 3.05) is 27.7 Å². The van der Waals surface area contributed by atoms with Gasteiger partial charge in [0, 0.05) is 27.7 Å². The maximum Gasteiger partial charge on any atom is 0.0301 e. The standard InChI is InChI=1S/C6H18N4/c1-5-6-10(8-3)9(4)7-2/h7-8H,5-6H2,1-4H3. The van der Waals surface area contributed by atoms with Gasteiger partial charge in [-0.1, -0.05) is 6.92 Å². The summed E-state index contributed by atoms with van der Waals surface area (Å²) in [6.45, 7) is 3.15. The van der Waals surface area contributed by atoms with Crippen molar-refractivity contribution in [3.63, 3.8) is 0 Å². The van der Waals surface area contributed by atoms with Crippen LogP contribution < -0.4 is 10.9 Å². The Hall–Kier alpha value is -0.160. The number of hydrogen-bond donors (Lipinski definition) is 2. The Kier molecular flexibility index (Phi) is 5.52. The van der Waals surface area contributed by atoms with Crippen molar-refractivity contribution < 1.29 is 0 Å². The molecule has 0 amide bonds. The fourth-order valence-electron chi connectivity index (χ4n) is 0.744. The molecule has 0 spiro atoms. The number of hydrazine groups is 3. The summed E-state index contributed by atoms with van der Waals surface area (Å²) < 4.78 is 0. The molecular formula is C6H18N4. The Labute approximate surface area is 63.1 Å². The normalized spacial score (nSPS) is 11.4. The first kappa shape index (κ1) is 9.84. The monoisotopic (exact) mass is 146 g/mol. The fraction of sp³-hybridized carbons (Fsp3) is 1.00. The molecule has 0 fully saturated rings. The minimum absolute atomic E-state index is 1.01. The lowest BCUT2D eigenvalue weighted by Gasteiger charge is -2.29. The zero-order valence-electron chi connectivity index (χ0n) is 7.31. The molecule has 4 heteroatoms. The van der Waals surface area contributed by atoms with E-state index in [1.165, 1.54) is 0 Å². The number of rotatable bonds is 5. The largest absolute Gasteiger partial charge is 0.244 e. The molecule has 2 N–H and O–H groups in total. The van der Waals surface area contributed by atoms with Crippen LogP contribution in [0.2, 0.25) is 0 Å². The predicted octanol–water partition coefficient (Wildman–Crippen LogP) is -0.186. The Morgan fingerprint density at radius 1 is 1.20 bits per heavy atom. The maximum atomic E-state index is 3.05. The van der Waals surface area contributed by atoms with E-state index in [2.05, 4.69) is 17.8 Å². The van der Waals surface area contributed by atoms with Crippen LogP contribution in [0.4, 0.5) is 0 Å². The highest BCUT2D eigenvalue weighted by Gasteiger charge is 2.03. The van der Waals surface area contributed by atoms with Crippen molar-refractivity contribution in [2.45, 2.75) is 13.3 Å². The maximum absolute atomic E-state index is 3.05. The van der Waals surface area contributed by atoms with Gasteiger partial charge in [0.25, 0.3) is 0 Å². The second-order valence-corrected chi connectivity index (χ2v) is 2.09. The summed E-state index contributed by atoms with van der Waals surface area (Å²) in [5.74, 6) is 0. The predicted molar refractivity (Wildman–Crippen MR) is 42.9 cm³/mol. The van der Waals surface area contributed by atoms with Gasteiger partial charge in [-0.3, -0.25) is 0 Å². The van der Waals surface area contributed by atoms with Crippen LogP contribution in [-0.2, 0) is 0 Å². The van der Waals surface area contributed by atoms with E-state index in [0.717, 1.165) is 13.0 Å². The number of nitrogens with zero attached hydrogens (tertiary/aromatic N) is 2. The second-order valence-electron chi connectivity index (χ2n) is 2.09. The summed E-state index contributed by atoms with van der Waals surface area (Å²) in [5, 5.41) is 3.91. The topological polar surface area (TPSA) is 30.5 Å². The van der Waals surface area contributed by atoms with E-state index in [1.54, 1.807) is 0 Å². The van der Waals surface area contributed by atoms with Gasteiger partial charge in [0.2, 0.25) is 0 Å². The molecule has 0 radical (unpaired) electrons. The van der Waals surface area contributed by atoms with Crippen LogP contribution >= 0.6 is 0 Å². The van der Waals surface area contributed by atoms with Crippen LogP contribution in [-0.4, -0.2) is 37.9 Å². The first-order chi connectivity index (χ1) is 4.76. The molecule has 0 rings (SSSR count). The van der Waals surface area contributed by atoms with Crippen LogP contribution in [0.5, 0.6) is 0 Å². The molecule has 0 aromatic rings. The fourth-order valence-corrected chi connectivity index (χ4v) is 0.744. The molecule has 0 aromatic heterocycles. The third-order valence-corrected chi connectivity index (χ3v) is 1.38. The van der Waals surface area contributed by atoms with E-state index >= 15 is 0 Å². The molecule has 0 aliphatic rings. The molecule has 0 atom stereocenters. The summed E-state index contributed by atoms with van der Waals surface area (Å²) in [6, 6.07) is 0. The first-order valence-corrected chi connectivity index (χ1v) is 3.62. The average Bonchev–Trinajstić information content (AvgIpc) is 1.99. The second kappa shape index (κ2) is 5.61. The van der Waals surface area contributed by atoms with Crippen molar-refractivity contribution in [2.24, 2.45) is 0 Å². The van der Waals surface area contributed by atoms with Crippen molar-refractivity contribution >= 4 is 0 Å². The van der Waals surface area contributed by atoms with Crippen molar-refractivity contribution in [3.05, 3.63) is 0 Å². The SMILES string of the molecule is CCCN(NC)N(C)NC. The third kappa shape index (κ3) is 3.12. The smallest absolute Gasteiger partial charge is 0.0301 e. The lowest BCUT2D eigenvalue weighted by Crippen LogP contribution is -2.52. The summed E-state index contributed by atoms with van der Waals surface area (Å²) in [6.07, 6.45) is 1.13. The first-order valence-electron chi connectivity index (χ1n) is 3.62. The molecule has 10 heavy (non-hydrogen) atoms. The highest BCUT2D eigenvalue weighted by molar-refractivity contribution is 4.38. The number of nitrogens with one attached hydrogen (secondary N) is 2. The Bertz CT molecular complexity index is 76.1. The molecule has 0 bridgehead atoms. The van der Waals surface area contributed by atoms with Gasteiger partial charge < -0.3 is 0 Å². The van der Waals surface area contributed by atoms with Crippen molar-refractivity contribution in [1.29, 1.82) is 0 Å². The molecule has 62 valence electrons. The van der Waals surface area contributed by atoms with Gasteiger partial charge in [0.1, 0.15) is 0 Å². The molecule has 0 heterocycles. The minimum Gasteiger partial charge on any atom is -0.244 e. The Balaban J connectivity index is 3.56. The molecule has 0 unspecified atom stereocenters. The van der Waals surface area contributed by atoms with Crippen LogP contribution in [0.25, 0.3) is 0 Å². The van der Waals surface area contributed by atoms with E-state index in [9.17, 15) is 0 Å². The lowest BCUT2D eigenvalue weighted by molar-refractivity contribution is -0.0753. The average molecular weight is 146 g/mol. The third-order valence-electron chi connectivity index (χ3n) is 1.38. The van der Waals surface area contributed by atoms with Gasteiger partial charge in [-0.25, -0.2) is 10.9 Å². The highest BCUT2D eigenvalue weighted by Crippen LogP contribution is 1.86. The van der Waals surface area contributed by atoms with Crippen LogP contribution in [0, 0.1) is 0 Å². The Morgan fingerprint density at radius 3 is 2.10 bits per heavy atom. The van der Waals surface area contributed by atoms with E-state index in [0.29, 0.717) is 0 Å². The van der Waals surface area contributed by atoms with Crippen LogP contribution in [0.1, 0.15) is 13.3 Å².